The first-order valence-electron chi connectivity index (χ1n) is 3.66. The summed E-state index contributed by atoms with van der Waals surface area (Å²) in [5, 5.41) is 8.54. The summed E-state index contributed by atoms with van der Waals surface area (Å²) >= 11 is 0. The van der Waals surface area contributed by atoms with Gasteiger partial charge in [0.15, 0.2) is 17.2 Å². The summed E-state index contributed by atoms with van der Waals surface area (Å²) in [5.74, 6) is -0.922. The maximum absolute atomic E-state index is 11.9. The molecule has 0 aliphatic rings. The molecule has 0 amide bonds. The van der Waals surface area contributed by atoms with E-state index >= 15 is 0 Å². The average Bonchev–Trinajstić information content (AvgIpc) is 2.15. The van der Waals surface area contributed by atoms with E-state index < -0.39 is 12.1 Å². The van der Waals surface area contributed by atoms with Gasteiger partial charge in [-0.1, -0.05) is 0 Å². The van der Waals surface area contributed by atoms with Gasteiger partial charge in [0.1, 0.15) is 6.07 Å². The molecule has 15 heavy (non-hydrogen) atoms. The third-order valence-corrected chi connectivity index (χ3v) is 1.40. The quantitative estimate of drug-likeness (QED) is 0.760. The van der Waals surface area contributed by atoms with E-state index in [1.165, 1.54) is 0 Å². The number of aromatic nitrogens is 1. The number of nitrogens with zero attached hydrogens (tertiary/aromatic N) is 2. The molecule has 80 valence electrons. The van der Waals surface area contributed by atoms with Gasteiger partial charge < -0.3 is 9.47 Å². The highest BCUT2D eigenvalue weighted by atomic mass is 19.4. The van der Waals surface area contributed by atoms with Crippen LogP contribution in [0.15, 0.2) is 12.3 Å². The molecule has 1 aromatic rings. The van der Waals surface area contributed by atoms with Crippen LogP contribution in [0.1, 0.15) is 5.69 Å². The second-order valence-corrected chi connectivity index (χ2v) is 2.35. The minimum Gasteiger partial charge on any atom is -0.490 e. The Morgan fingerprint density at radius 3 is 2.60 bits per heavy atom. The van der Waals surface area contributed by atoms with Crippen LogP contribution in [0.25, 0.3) is 0 Å². The van der Waals surface area contributed by atoms with Gasteiger partial charge in [-0.3, -0.25) is 0 Å². The minimum absolute atomic E-state index is 0.265. The van der Waals surface area contributed by atoms with Crippen LogP contribution in [0, 0.1) is 11.3 Å². The van der Waals surface area contributed by atoms with Gasteiger partial charge in [0.05, 0.1) is 7.11 Å². The monoisotopic (exact) mass is 218 g/mol. The molecule has 1 heterocycles. The number of alkyl halides is 3. The van der Waals surface area contributed by atoms with Crippen LogP contribution < -0.4 is 9.47 Å². The molecule has 0 saturated carbocycles. The molecule has 0 radical (unpaired) electrons. The molecule has 0 unspecified atom stereocenters. The maximum atomic E-state index is 11.9. The van der Waals surface area contributed by atoms with Gasteiger partial charge in [-0.15, -0.1) is 13.2 Å². The molecule has 0 aliphatic heterocycles. The van der Waals surface area contributed by atoms with Crippen LogP contribution in [0.3, 0.4) is 0 Å². The third kappa shape index (κ3) is 2.74. The fourth-order valence-electron chi connectivity index (χ4n) is 0.912. The molecule has 4 nitrogen and oxygen atoms in total. The lowest BCUT2D eigenvalue weighted by molar-refractivity contribution is -0.275. The van der Waals surface area contributed by atoms with E-state index in [2.05, 4.69) is 14.5 Å². The lowest BCUT2D eigenvalue weighted by Gasteiger charge is -2.12. The van der Waals surface area contributed by atoms with Gasteiger partial charge in [-0.2, -0.15) is 5.26 Å². The highest BCUT2D eigenvalue weighted by molar-refractivity contribution is 5.48. The maximum Gasteiger partial charge on any atom is 0.573 e. The summed E-state index contributed by atoms with van der Waals surface area (Å²) in [4.78, 5) is 3.53. The summed E-state index contributed by atoms with van der Waals surface area (Å²) < 4.78 is 44.0. The number of hydrogen-bond acceptors (Lipinski definition) is 4. The molecule has 7 heteroatoms. The van der Waals surface area contributed by atoms with Crippen molar-refractivity contribution < 1.29 is 22.6 Å². The largest absolute Gasteiger partial charge is 0.573 e. The number of nitriles is 1. The number of halogens is 3. The van der Waals surface area contributed by atoms with Crippen molar-refractivity contribution in [1.82, 2.24) is 4.98 Å². The standard InChI is InChI=1S/C8H5F3N2O2/c1-14-7-5(4-12)13-3-2-6(7)15-8(9,10)11/h2-3H,1H3. The second kappa shape index (κ2) is 4.04. The van der Waals surface area contributed by atoms with E-state index in [0.717, 1.165) is 19.4 Å². The predicted octanol–water partition coefficient (Wildman–Crippen LogP) is 1.86. The number of methoxy groups -OCH3 is 1. The molecule has 1 rings (SSSR count). The smallest absolute Gasteiger partial charge is 0.490 e. The van der Waals surface area contributed by atoms with Crippen molar-refractivity contribution >= 4 is 0 Å². The zero-order valence-corrected chi connectivity index (χ0v) is 7.50. The van der Waals surface area contributed by atoms with Crippen LogP contribution in [0.4, 0.5) is 13.2 Å². The summed E-state index contributed by atoms with van der Waals surface area (Å²) in [6, 6.07) is 2.55. The van der Waals surface area contributed by atoms with Crippen molar-refractivity contribution in [2.75, 3.05) is 7.11 Å². The lowest BCUT2D eigenvalue weighted by Crippen LogP contribution is -2.18. The molecule has 0 N–H and O–H groups in total. The van der Waals surface area contributed by atoms with Gasteiger partial charge in [0.25, 0.3) is 0 Å². The molecule has 0 aliphatic carbocycles. The number of hydrogen-bond donors (Lipinski definition) is 0. The Bertz CT molecular complexity index is 398. The second-order valence-electron chi connectivity index (χ2n) is 2.35. The Morgan fingerprint density at radius 1 is 1.47 bits per heavy atom. The van der Waals surface area contributed by atoms with Crippen molar-refractivity contribution in [3.63, 3.8) is 0 Å². The first kappa shape index (κ1) is 11.1. The van der Waals surface area contributed by atoms with Crippen LogP contribution in [-0.2, 0) is 0 Å². The first-order chi connectivity index (χ1) is 6.98. The summed E-state index contributed by atoms with van der Waals surface area (Å²) in [6.45, 7) is 0. The average molecular weight is 218 g/mol. The van der Waals surface area contributed by atoms with Crippen molar-refractivity contribution in [2.45, 2.75) is 6.36 Å². The molecule has 0 atom stereocenters. The van der Waals surface area contributed by atoms with Crippen molar-refractivity contribution in [2.24, 2.45) is 0 Å². The van der Waals surface area contributed by atoms with Crippen LogP contribution >= 0.6 is 0 Å². The highest BCUT2D eigenvalue weighted by Gasteiger charge is 2.33. The molecule has 1 aromatic heterocycles. The van der Waals surface area contributed by atoms with E-state index in [1.54, 1.807) is 6.07 Å². The number of rotatable bonds is 2. The van der Waals surface area contributed by atoms with E-state index in [1.807, 2.05) is 0 Å². The Balaban J connectivity index is 3.14. The zero-order chi connectivity index (χ0) is 11.5. The summed E-state index contributed by atoms with van der Waals surface area (Å²) in [7, 11) is 1.13. The van der Waals surface area contributed by atoms with E-state index in [9.17, 15) is 13.2 Å². The Labute approximate surface area is 82.9 Å². The molecular formula is C8H5F3N2O2. The van der Waals surface area contributed by atoms with E-state index in [0.29, 0.717) is 0 Å². The van der Waals surface area contributed by atoms with Crippen molar-refractivity contribution in [1.29, 1.82) is 5.26 Å². The molecule has 0 fully saturated rings. The predicted molar refractivity (Wildman–Crippen MR) is 42.2 cm³/mol. The topological polar surface area (TPSA) is 55.1 Å². The summed E-state index contributed by atoms with van der Waals surface area (Å²) in [5.41, 5.74) is -0.265. The van der Waals surface area contributed by atoms with E-state index in [-0.39, 0.29) is 11.4 Å². The van der Waals surface area contributed by atoms with Gasteiger partial charge >= 0.3 is 6.36 Å². The number of pyridine rings is 1. The molecule has 0 spiro atoms. The minimum atomic E-state index is -4.83. The van der Waals surface area contributed by atoms with Crippen LogP contribution in [0.2, 0.25) is 0 Å². The van der Waals surface area contributed by atoms with Gasteiger partial charge in [-0.05, 0) is 0 Å². The zero-order valence-electron chi connectivity index (χ0n) is 7.50. The normalized spacial score (nSPS) is 10.6. The molecular weight excluding hydrogens is 213 g/mol. The highest BCUT2D eigenvalue weighted by Crippen LogP contribution is 2.33. The lowest BCUT2D eigenvalue weighted by atomic mass is 10.3. The Hall–Kier alpha value is -1.97. The van der Waals surface area contributed by atoms with Gasteiger partial charge in [0, 0.05) is 12.3 Å². The third-order valence-electron chi connectivity index (χ3n) is 1.40. The first-order valence-corrected chi connectivity index (χ1v) is 3.66. The summed E-state index contributed by atoms with van der Waals surface area (Å²) in [6.07, 6.45) is -3.80. The fraction of sp³-hybridized carbons (Fsp3) is 0.250. The molecule has 0 bridgehead atoms. The van der Waals surface area contributed by atoms with Gasteiger partial charge in [-0.25, -0.2) is 4.98 Å². The SMILES string of the molecule is COc1c(OC(F)(F)F)ccnc1C#N. The molecule has 0 saturated heterocycles. The number of ether oxygens (including phenoxy) is 2. The van der Waals surface area contributed by atoms with Crippen LogP contribution in [0.5, 0.6) is 11.5 Å². The Morgan fingerprint density at radius 2 is 2.13 bits per heavy atom. The molecule has 0 aromatic carbocycles. The van der Waals surface area contributed by atoms with E-state index in [4.69, 9.17) is 5.26 Å². The van der Waals surface area contributed by atoms with Gasteiger partial charge in [0.2, 0.25) is 0 Å². The fourth-order valence-corrected chi connectivity index (χ4v) is 0.912. The Kier molecular flexibility index (Phi) is 2.99. The van der Waals surface area contributed by atoms with Crippen molar-refractivity contribution in [3.05, 3.63) is 18.0 Å². The van der Waals surface area contributed by atoms with Crippen molar-refractivity contribution in [3.8, 4) is 17.6 Å². The van der Waals surface area contributed by atoms with Crippen LogP contribution in [-0.4, -0.2) is 18.5 Å².